The number of hydrogen-bond donors (Lipinski definition) is 0. The van der Waals surface area contributed by atoms with Crippen LogP contribution in [-0.4, -0.2) is 41.4 Å². The van der Waals surface area contributed by atoms with Gasteiger partial charge in [-0.15, -0.1) is 0 Å². The predicted octanol–water partition coefficient (Wildman–Crippen LogP) is 3.51. The minimum Gasteiger partial charge on any atom is -0.368 e. The van der Waals surface area contributed by atoms with Gasteiger partial charge in [-0.3, -0.25) is 9.69 Å². The molecule has 0 unspecified atom stereocenters. The normalized spacial score (nSPS) is 15.8. The van der Waals surface area contributed by atoms with Crippen molar-refractivity contribution in [2.45, 2.75) is 20.4 Å². The van der Waals surface area contributed by atoms with Crippen molar-refractivity contribution in [3.05, 3.63) is 52.3 Å². The van der Waals surface area contributed by atoms with Gasteiger partial charge in [0.25, 0.3) is 0 Å². The molecule has 2 aromatic rings. The highest BCUT2D eigenvalue weighted by molar-refractivity contribution is 6.33. The Bertz CT molecular complexity index is 745. The summed E-state index contributed by atoms with van der Waals surface area (Å²) < 4.78 is 2.00. The molecule has 1 saturated heterocycles. The van der Waals surface area contributed by atoms with Crippen LogP contribution in [0.15, 0.2) is 30.3 Å². The number of nitrogens with zero attached hydrogens (tertiary/aromatic N) is 3. The number of halogens is 1. The van der Waals surface area contributed by atoms with E-state index in [1.54, 1.807) is 6.92 Å². The molecule has 1 aliphatic rings. The quantitative estimate of drug-likeness (QED) is 0.794. The van der Waals surface area contributed by atoms with Gasteiger partial charge in [0.1, 0.15) is 0 Å². The highest BCUT2D eigenvalue weighted by atomic mass is 35.5. The van der Waals surface area contributed by atoms with Gasteiger partial charge in [-0.1, -0.05) is 23.7 Å². The Labute approximate surface area is 148 Å². The molecule has 0 aliphatic carbocycles. The van der Waals surface area contributed by atoms with Crippen LogP contribution in [0.5, 0.6) is 0 Å². The molecule has 5 heteroatoms. The van der Waals surface area contributed by atoms with Gasteiger partial charge in [0.05, 0.1) is 16.4 Å². The molecule has 1 fully saturated rings. The molecule has 0 atom stereocenters. The average molecular weight is 346 g/mol. The Kier molecular flexibility index (Phi) is 4.97. The molecule has 0 saturated carbocycles. The minimum atomic E-state index is 0.121. The van der Waals surface area contributed by atoms with Gasteiger partial charge in [0.15, 0.2) is 5.78 Å². The molecule has 0 spiro atoms. The van der Waals surface area contributed by atoms with Gasteiger partial charge < -0.3 is 9.47 Å². The summed E-state index contributed by atoms with van der Waals surface area (Å²) in [7, 11) is 1.96. The van der Waals surface area contributed by atoms with E-state index < -0.39 is 0 Å². The number of aromatic nitrogens is 1. The minimum absolute atomic E-state index is 0.121. The van der Waals surface area contributed by atoms with Crippen LogP contribution >= 0.6 is 11.6 Å². The summed E-state index contributed by atoms with van der Waals surface area (Å²) in [6, 6.07) is 10.1. The smallest absolute Gasteiger partial charge is 0.176 e. The van der Waals surface area contributed by atoms with Gasteiger partial charge in [0.2, 0.25) is 0 Å². The number of carbonyl (C=O) groups excluding carboxylic acids is 1. The molecule has 0 bridgehead atoms. The van der Waals surface area contributed by atoms with Crippen LogP contribution in [0.2, 0.25) is 5.02 Å². The lowest BCUT2D eigenvalue weighted by atomic mass is 10.2. The molecule has 1 aromatic carbocycles. The molecular weight excluding hydrogens is 322 g/mol. The zero-order valence-corrected chi connectivity index (χ0v) is 15.3. The first-order valence-corrected chi connectivity index (χ1v) is 8.73. The third kappa shape index (κ3) is 3.35. The molecule has 0 N–H and O–H groups in total. The van der Waals surface area contributed by atoms with E-state index in [1.807, 2.05) is 35.9 Å². The average Bonchev–Trinajstić information content (AvgIpc) is 2.85. The Balaban J connectivity index is 1.65. The van der Waals surface area contributed by atoms with E-state index in [9.17, 15) is 4.79 Å². The van der Waals surface area contributed by atoms with Gasteiger partial charge >= 0.3 is 0 Å². The van der Waals surface area contributed by atoms with Crippen molar-refractivity contribution in [2.24, 2.45) is 7.05 Å². The first kappa shape index (κ1) is 17.1. The molecule has 4 nitrogen and oxygen atoms in total. The fourth-order valence-corrected chi connectivity index (χ4v) is 3.61. The number of hydrogen-bond acceptors (Lipinski definition) is 3. The Morgan fingerprint density at radius 3 is 2.42 bits per heavy atom. The third-order valence-corrected chi connectivity index (χ3v) is 5.28. The van der Waals surface area contributed by atoms with Crippen molar-refractivity contribution in [3.63, 3.8) is 0 Å². The van der Waals surface area contributed by atoms with Gasteiger partial charge in [-0.2, -0.15) is 0 Å². The monoisotopic (exact) mass is 345 g/mol. The number of benzene rings is 1. The molecule has 128 valence electrons. The lowest BCUT2D eigenvalue weighted by Crippen LogP contribution is -2.46. The highest BCUT2D eigenvalue weighted by Crippen LogP contribution is 2.26. The first-order chi connectivity index (χ1) is 11.5. The lowest BCUT2D eigenvalue weighted by Gasteiger charge is -2.36. The topological polar surface area (TPSA) is 28.5 Å². The summed E-state index contributed by atoms with van der Waals surface area (Å²) in [6.07, 6.45) is 0. The van der Waals surface area contributed by atoms with Gasteiger partial charge in [-0.05, 0) is 30.7 Å². The summed E-state index contributed by atoms with van der Waals surface area (Å²) in [5.74, 6) is 0.121. The molecule has 1 aliphatic heterocycles. The molecule has 2 heterocycles. The summed E-state index contributed by atoms with van der Waals surface area (Å²) >= 11 is 6.30. The maximum absolute atomic E-state index is 11.7. The van der Waals surface area contributed by atoms with E-state index in [-0.39, 0.29) is 5.78 Å². The van der Waals surface area contributed by atoms with E-state index in [4.69, 9.17) is 11.6 Å². The first-order valence-electron chi connectivity index (χ1n) is 8.35. The fourth-order valence-electron chi connectivity index (χ4n) is 3.36. The second-order valence-corrected chi connectivity index (χ2v) is 6.88. The lowest BCUT2D eigenvalue weighted by molar-refractivity contribution is 0.101. The second kappa shape index (κ2) is 6.99. The Morgan fingerprint density at radius 2 is 1.83 bits per heavy atom. The zero-order valence-electron chi connectivity index (χ0n) is 14.6. The number of para-hydroxylation sites is 1. The van der Waals surface area contributed by atoms with Crippen LogP contribution in [0.25, 0.3) is 0 Å². The molecule has 3 rings (SSSR count). The zero-order chi connectivity index (χ0) is 17.3. The Morgan fingerprint density at radius 1 is 1.17 bits per heavy atom. The van der Waals surface area contributed by atoms with E-state index in [2.05, 4.69) is 22.8 Å². The maximum atomic E-state index is 11.7. The third-order valence-electron chi connectivity index (χ3n) is 4.96. The summed E-state index contributed by atoms with van der Waals surface area (Å²) in [5.41, 5.74) is 4.33. The standard InChI is InChI=1S/C19H24ClN3O/c1-14-16(12-19(15(2)24)21(14)3)13-22-8-10-23(11-9-22)18-7-5-4-6-17(18)20/h4-7,12H,8-11,13H2,1-3H3. The van der Waals surface area contributed by atoms with Crippen LogP contribution in [-0.2, 0) is 13.6 Å². The maximum Gasteiger partial charge on any atom is 0.176 e. The van der Waals surface area contributed by atoms with Crippen molar-refractivity contribution in [2.75, 3.05) is 31.1 Å². The van der Waals surface area contributed by atoms with Crippen molar-refractivity contribution < 1.29 is 4.79 Å². The van der Waals surface area contributed by atoms with E-state index in [0.29, 0.717) is 0 Å². The predicted molar refractivity (Wildman–Crippen MR) is 99.1 cm³/mol. The number of rotatable bonds is 4. The second-order valence-electron chi connectivity index (χ2n) is 6.47. The molecule has 1 aromatic heterocycles. The van der Waals surface area contributed by atoms with E-state index in [1.165, 1.54) is 11.3 Å². The molecule has 0 amide bonds. The van der Waals surface area contributed by atoms with Crippen molar-refractivity contribution >= 4 is 23.1 Å². The van der Waals surface area contributed by atoms with Crippen molar-refractivity contribution in [1.29, 1.82) is 0 Å². The van der Waals surface area contributed by atoms with Crippen molar-refractivity contribution in [3.8, 4) is 0 Å². The summed E-state index contributed by atoms with van der Waals surface area (Å²) in [6.45, 7) is 8.53. The van der Waals surface area contributed by atoms with Gasteiger partial charge in [-0.25, -0.2) is 0 Å². The summed E-state index contributed by atoms with van der Waals surface area (Å²) in [4.78, 5) is 16.5. The largest absolute Gasteiger partial charge is 0.368 e. The molecular formula is C19H24ClN3O. The molecule has 0 radical (unpaired) electrons. The fraction of sp³-hybridized carbons (Fsp3) is 0.421. The van der Waals surface area contributed by atoms with Crippen LogP contribution in [0, 0.1) is 6.92 Å². The number of Topliss-reactive ketones (excluding diaryl/α,β-unsaturated/α-hetero) is 1. The number of carbonyl (C=O) groups is 1. The molecule has 24 heavy (non-hydrogen) atoms. The van der Waals surface area contributed by atoms with E-state index >= 15 is 0 Å². The highest BCUT2D eigenvalue weighted by Gasteiger charge is 2.21. The van der Waals surface area contributed by atoms with Crippen LogP contribution in [0.1, 0.15) is 28.7 Å². The van der Waals surface area contributed by atoms with Crippen LogP contribution in [0.4, 0.5) is 5.69 Å². The van der Waals surface area contributed by atoms with Gasteiger partial charge in [0, 0.05) is 52.4 Å². The SMILES string of the molecule is CC(=O)c1cc(CN2CCN(c3ccccc3Cl)CC2)c(C)n1C. The summed E-state index contributed by atoms with van der Waals surface area (Å²) in [5, 5.41) is 0.816. The van der Waals surface area contributed by atoms with Crippen LogP contribution in [0.3, 0.4) is 0 Å². The number of piperazine rings is 1. The van der Waals surface area contributed by atoms with Crippen LogP contribution < -0.4 is 4.90 Å². The number of anilines is 1. The van der Waals surface area contributed by atoms with E-state index in [0.717, 1.165) is 49.1 Å². The van der Waals surface area contributed by atoms with Crippen molar-refractivity contribution in [1.82, 2.24) is 9.47 Å². The number of ketones is 1. The Hall–Kier alpha value is -1.78.